The first kappa shape index (κ1) is 17.3. The highest BCUT2D eigenvalue weighted by Gasteiger charge is 2.26. The van der Waals surface area contributed by atoms with Gasteiger partial charge in [-0.3, -0.25) is 0 Å². The number of aryl methyl sites for hydroxylation is 2. The molecule has 0 radical (unpaired) electrons. The smallest absolute Gasteiger partial charge is 0.351 e. The van der Waals surface area contributed by atoms with Gasteiger partial charge in [-0.25, -0.2) is 9.59 Å². The molecular weight excluding hydrogens is 344 g/mol. The lowest BCUT2D eigenvalue weighted by Gasteiger charge is -2.19. The Balaban J connectivity index is 1.79. The van der Waals surface area contributed by atoms with Crippen LogP contribution >= 0.6 is 0 Å². The largest absolute Gasteiger partial charge is 0.474 e. The van der Waals surface area contributed by atoms with Crippen molar-refractivity contribution in [2.45, 2.75) is 32.3 Å². The van der Waals surface area contributed by atoms with Crippen LogP contribution < -0.4 is 10.4 Å². The quantitative estimate of drug-likeness (QED) is 0.519. The Morgan fingerprint density at radius 2 is 1.81 bits per heavy atom. The molecule has 4 rings (SSSR count). The molecule has 1 aromatic heterocycles. The Morgan fingerprint density at radius 1 is 1.07 bits per heavy atom. The molecule has 0 unspecified atom stereocenters. The van der Waals surface area contributed by atoms with Gasteiger partial charge in [-0.15, -0.1) is 0 Å². The van der Waals surface area contributed by atoms with E-state index < -0.39 is 12.1 Å². The van der Waals surface area contributed by atoms with Gasteiger partial charge in [0, 0.05) is 22.1 Å². The SMILES string of the molecule is COC(=O)[C@@H](Oc1ccc2c3c(c(=O)oc2c1C)CCC3)c1ccccc1. The van der Waals surface area contributed by atoms with Crippen LogP contribution in [0.4, 0.5) is 0 Å². The van der Waals surface area contributed by atoms with Crippen molar-refractivity contribution in [3.05, 3.63) is 75.1 Å². The number of carbonyl (C=O) groups is 1. The average Bonchev–Trinajstić information content (AvgIpc) is 3.19. The Kier molecular flexibility index (Phi) is 4.44. The summed E-state index contributed by atoms with van der Waals surface area (Å²) >= 11 is 0. The van der Waals surface area contributed by atoms with Crippen LogP contribution in [-0.4, -0.2) is 13.1 Å². The van der Waals surface area contributed by atoms with E-state index in [1.54, 1.807) is 0 Å². The maximum Gasteiger partial charge on any atom is 0.351 e. The molecule has 1 heterocycles. The summed E-state index contributed by atoms with van der Waals surface area (Å²) in [6.07, 6.45) is 1.72. The van der Waals surface area contributed by atoms with E-state index in [0.717, 1.165) is 35.8 Å². The van der Waals surface area contributed by atoms with E-state index in [0.29, 0.717) is 22.5 Å². The van der Waals surface area contributed by atoms with Gasteiger partial charge < -0.3 is 13.9 Å². The predicted octanol–water partition coefficient (Wildman–Crippen LogP) is 3.88. The summed E-state index contributed by atoms with van der Waals surface area (Å²) in [6.45, 7) is 1.83. The highest BCUT2D eigenvalue weighted by atomic mass is 16.6. The number of benzene rings is 2. The summed E-state index contributed by atoms with van der Waals surface area (Å²) in [5.74, 6) is -0.000969. The average molecular weight is 364 g/mol. The Labute approximate surface area is 156 Å². The van der Waals surface area contributed by atoms with Crippen LogP contribution in [0.5, 0.6) is 5.75 Å². The Hall–Kier alpha value is -3.08. The maximum absolute atomic E-state index is 12.3. The van der Waals surface area contributed by atoms with Crippen molar-refractivity contribution < 1.29 is 18.7 Å². The van der Waals surface area contributed by atoms with E-state index in [-0.39, 0.29) is 5.63 Å². The van der Waals surface area contributed by atoms with Crippen LogP contribution in [0.2, 0.25) is 0 Å². The van der Waals surface area contributed by atoms with E-state index >= 15 is 0 Å². The molecule has 27 heavy (non-hydrogen) atoms. The molecule has 0 fully saturated rings. The van der Waals surface area contributed by atoms with Crippen molar-refractivity contribution in [3.8, 4) is 5.75 Å². The zero-order valence-electron chi connectivity index (χ0n) is 15.3. The zero-order chi connectivity index (χ0) is 19.0. The van der Waals surface area contributed by atoms with Gasteiger partial charge in [0.15, 0.2) is 0 Å². The molecule has 0 saturated carbocycles. The summed E-state index contributed by atoms with van der Waals surface area (Å²) < 4.78 is 16.5. The van der Waals surface area contributed by atoms with E-state index in [2.05, 4.69) is 0 Å². The number of ether oxygens (including phenoxy) is 2. The Morgan fingerprint density at radius 3 is 2.56 bits per heavy atom. The van der Waals surface area contributed by atoms with Crippen molar-refractivity contribution in [2.75, 3.05) is 7.11 Å². The first-order valence-electron chi connectivity index (χ1n) is 8.97. The number of methoxy groups -OCH3 is 1. The number of fused-ring (bicyclic) bond motifs is 3. The normalized spacial score (nSPS) is 14.0. The minimum Gasteiger partial charge on any atom is -0.474 e. The molecule has 0 N–H and O–H groups in total. The minimum absolute atomic E-state index is 0.275. The van der Waals surface area contributed by atoms with Crippen molar-refractivity contribution in [3.63, 3.8) is 0 Å². The summed E-state index contributed by atoms with van der Waals surface area (Å²) in [6, 6.07) is 12.9. The molecule has 0 spiro atoms. The molecular formula is C22H20O5. The van der Waals surface area contributed by atoms with Gasteiger partial charge in [-0.2, -0.15) is 0 Å². The number of hydrogen-bond acceptors (Lipinski definition) is 5. The third-order valence-electron chi connectivity index (χ3n) is 5.10. The lowest BCUT2D eigenvalue weighted by Crippen LogP contribution is -2.20. The maximum atomic E-state index is 12.3. The van der Waals surface area contributed by atoms with E-state index in [1.165, 1.54) is 7.11 Å². The number of esters is 1. The molecule has 5 heteroatoms. The van der Waals surface area contributed by atoms with Gasteiger partial charge >= 0.3 is 11.6 Å². The van der Waals surface area contributed by atoms with Crippen LogP contribution in [0.3, 0.4) is 0 Å². The first-order chi connectivity index (χ1) is 13.1. The van der Waals surface area contributed by atoms with Gasteiger partial charge in [0.2, 0.25) is 6.10 Å². The third-order valence-corrected chi connectivity index (χ3v) is 5.10. The van der Waals surface area contributed by atoms with Gasteiger partial charge in [0.25, 0.3) is 0 Å². The van der Waals surface area contributed by atoms with E-state index in [1.807, 2.05) is 49.4 Å². The van der Waals surface area contributed by atoms with Crippen LogP contribution in [0, 0.1) is 6.92 Å². The first-order valence-corrected chi connectivity index (χ1v) is 8.97. The highest BCUT2D eigenvalue weighted by molar-refractivity contribution is 5.86. The fourth-order valence-corrected chi connectivity index (χ4v) is 3.71. The number of rotatable bonds is 4. The molecule has 138 valence electrons. The molecule has 2 aromatic carbocycles. The van der Waals surface area contributed by atoms with E-state index in [4.69, 9.17) is 13.9 Å². The number of carbonyl (C=O) groups excluding carboxylic acids is 1. The lowest BCUT2D eigenvalue weighted by molar-refractivity contribution is -0.149. The second-order valence-corrected chi connectivity index (χ2v) is 6.70. The fourth-order valence-electron chi connectivity index (χ4n) is 3.71. The Bertz CT molecular complexity index is 1070. The lowest BCUT2D eigenvalue weighted by atomic mass is 10.0. The van der Waals surface area contributed by atoms with Crippen LogP contribution in [0.15, 0.2) is 51.7 Å². The standard InChI is InChI=1S/C22H20O5/c1-13-18(26-20(22(24)25-2)14-7-4-3-5-8-14)12-11-16-15-9-6-10-17(15)21(23)27-19(13)16/h3-5,7-8,11-12,20H,6,9-10H2,1-2H3/t20-/m0/s1. The van der Waals surface area contributed by atoms with Crippen molar-refractivity contribution >= 4 is 16.9 Å². The minimum atomic E-state index is -0.895. The third kappa shape index (κ3) is 2.99. The van der Waals surface area contributed by atoms with Crippen molar-refractivity contribution in [2.24, 2.45) is 0 Å². The fraction of sp³-hybridized carbons (Fsp3) is 0.273. The molecule has 3 aromatic rings. The summed E-state index contributed by atoms with van der Waals surface area (Å²) in [5.41, 5.74) is 3.50. The molecule has 0 bridgehead atoms. The van der Waals surface area contributed by atoms with Crippen molar-refractivity contribution in [1.29, 1.82) is 0 Å². The summed E-state index contributed by atoms with van der Waals surface area (Å²) in [4.78, 5) is 24.6. The molecule has 0 aliphatic heterocycles. The van der Waals surface area contributed by atoms with E-state index in [9.17, 15) is 9.59 Å². The summed E-state index contributed by atoms with van der Waals surface area (Å²) in [7, 11) is 1.33. The van der Waals surface area contributed by atoms with Gasteiger partial charge in [-0.05, 0) is 43.9 Å². The summed E-state index contributed by atoms with van der Waals surface area (Å²) in [5, 5.41) is 0.946. The van der Waals surface area contributed by atoms with Crippen LogP contribution in [0.25, 0.3) is 11.0 Å². The second-order valence-electron chi connectivity index (χ2n) is 6.70. The van der Waals surface area contributed by atoms with Crippen LogP contribution in [-0.2, 0) is 22.4 Å². The molecule has 5 nitrogen and oxygen atoms in total. The number of hydrogen-bond donors (Lipinski definition) is 0. The van der Waals surface area contributed by atoms with Gasteiger partial charge in [-0.1, -0.05) is 30.3 Å². The van der Waals surface area contributed by atoms with Crippen LogP contribution in [0.1, 0.15) is 34.8 Å². The van der Waals surface area contributed by atoms with Crippen molar-refractivity contribution in [1.82, 2.24) is 0 Å². The molecule has 0 saturated heterocycles. The predicted molar refractivity (Wildman–Crippen MR) is 101 cm³/mol. The van der Waals surface area contributed by atoms with Gasteiger partial charge in [0.1, 0.15) is 11.3 Å². The zero-order valence-corrected chi connectivity index (χ0v) is 15.3. The molecule has 0 amide bonds. The van der Waals surface area contributed by atoms with Gasteiger partial charge in [0.05, 0.1) is 7.11 Å². The topological polar surface area (TPSA) is 65.7 Å². The second kappa shape index (κ2) is 6.91. The highest BCUT2D eigenvalue weighted by Crippen LogP contribution is 2.35. The molecule has 1 aliphatic carbocycles. The monoisotopic (exact) mass is 364 g/mol. The molecule has 1 atom stereocenters. The molecule has 1 aliphatic rings.